The molecule has 0 aromatic heterocycles. The minimum Gasteiger partial charge on any atom is -0.192 e. The fourth-order valence-electron chi connectivity index (χ4n) is 2.32. The van der Waals surface area contributed by atoms with E-state index in [-0.39, 0.29) is 11.1 Å². The van der Waals surface area contributed by atoms with E-state index in [0.717, 1.165) is 4.91 Å². The third-order valence-corrected chi connectivity index (χ3v) is 8.52. The standard InChI is InChI=1S/C21H11N3S4/c22-11-16(19(17(12-23)13-24)15-5-2-1-3-6-15)7-4-8-18-14-27-21(28-18)20-25-9-10-26-20/h1-10,14H/b8-4+,16-7+. The average molecular weight is 434 g/mol. The van der Waals surface area contributed by atoms with Crippen molar-refractivity contribution in [3.8, 4) is 18.2 Å². The largest absolute Gasteiger partial charge is 0.192 e. The number of hydrogen-bond donors (Lipinski definition) is 0. The molecule has 0 atom stereocenters. The van der Waals surface area contributed by atoms with Crippen molar-refractivity contribution in [1.29, 1.82) is 15.8 Å². The topological polar surface area (TPSA) is 71.4 Å². The van der Waals surface area contributed by atoms with Gasteiger partial charge in [-0.25, -0.2) is 0 Å². The molecule has 28 heavy (non-hydrogen) atoms. The second-order valence-electron chi connectivity index (χ2n) is 5.21. The van der Waals surface area contributed by atoms with Gasteiger partial charge in [0.25, 0.3) is 0 Å². The monoisotopic (exact) mass is 433 g/mol. The second kappa shape index (κ2) is 10.2. The molecule has 0 saturated heterocycles. The highest BCUT2D eigenvalue weighted by Crippen LogP contribution is 2.53. The Labute approximate surface area is 180 Å². The van der Waals surface area contributed by atoms with Crippen LogP contribution in [0.1, 0.15) is 5.56 Å². The maximum Gasteiger partial charge on any atom is 0.138 e. The average Bonchev–Trinajstić information content (AvgIpc) is 3.42. The Bertz CT molecular complexity index is 1060. The molecule has 2 heterocycles. The fourth-order valence-corrected chi connectivity index (χ4v) is 6.68. The molecule has 2 aliphatic heterocycles. The van der Waals surface area contributed by atoms with Gasteiger partial charge in [-0.1, -0.05) is 83.5 Å². The highest BCUT2D eigenvalue weighted by Gasteiger charge is 2.17. The van der Waals surface area contributed by atoms with E-state index in [1.54, 1.807) is 71.3 Å². The van der Waals surface area contributed by atoms with E-state index < -0.39 is 0 Å². The Morgan fingerprint density at radius 2 is 1.57 bits per heavy atom. The second-order valence-corrected chi connectivity index (χ2v) is 9.53. The van der Waals surface area contributed by atoms with Crippen molar-refractivity contribution in [2.75, 3.05) is 0 Å². The molecule has 2 aliphatic rings. The van der Waals surface area contributed by atoms with Crippen LogP contribution in [0, 0.1) is 34.0 Å². The molecule has 0 aliphatic carbocycles. The molecule has 0 fully saturated rings. The first-order valence-corrected chi connectivity index (χ1v) is 11.4. The summed E-state index contributed by atoms with van der Waals surface area (Å²) in [7, 11) is 0. The first-order valence-electron chi connectivity index (χ1n) is 7.93. The molecule has 0 unspecified atom stereocenters. The maximum absolute atomic E-state index is 9.63. The van der Waals surface area contributed by atoms with Crippen LogP contribution >= 0.6 is 47.0 Å². The first-order chi connectivity index (χ1) is 13.8. The van der Waals surface area contributed by atoms with Gasteiger partial charge in [-0.3, -0.25) is 0 Å². The van der Waals surface area contributed by atoms with Gasteiger partial charge < -0.3 is 0 Å². The predicted octanol–water partition coefficient (Wildman–Crippen LogP) is 6.89. The number of rotatable bonds is 4. The molecule has 0 amide bonds. The number of benzene rings is 1. The van der Waals surface area contributed by atoms with Crippen LogP contribution in [0.25, 0.3) is 5.57 Å². The Morgan fingerprint density at radius 1 is 0.857 bits per heavy atom. The maximum atomic E-state index is 9.63. The zero-order chi connectivity index (χ0) is 19.8. The van der Waals surface area contributed by atoms with Crippen molar-refractivity contribution in [3.05, 3.63) is 94.9 Å². The van der Waals surface area contributed by atoms with Crippen LogP contribution in [-0.2, 0) is 0 Å². The van der Waals surface area contributed by atoms with Crippen LogP contribution in [0.2, 0.25) is 0 Å². The molecule has 0 bridgehead atoms. The fraction of sp³-hybridized carbons (Fsp3) is 0. The van der Waals surface area contributed by atoms with Crippen LogP contribution in [0.4, 0.5) is 0 Å². The number of allylic oxidation sites excluding steroid dienone is 6. The van der Waals surface area contributed by atoms with E-state index in [2.05, 4.69) is 22.3 Å². The molecule has 7 heteroatoms. The van der Waals surface area contributed by atoms with Crippen molar-refractivity contribution in [2.24, 2.45) is 0 Å². The summed E-state index contributed by atoms with van der Waals surface area (Å²) in [5, 5.41) is 34.5. The van der Waals surface area contributed by atoms with Crippen molar-refractivity contribution in [3.63, 3.8) is 0 Å². The lowest BCUT2D eigenvalue weighted by Crippen LogP contribution is -1.92. The van der Waals surface area contributed by atoms with Gasteiger partial charge in [0.15, 0.2) is 0 Å². The Balaban J connectivity index is 1.85. The SMILES string of the molecule is N#CC(C#N)=C(/C(C#N)=C/C=C/C1=CSC(=C2SC=CS2)S1)c1ccccc1. The van der Waals surface area contributed by atoms with Crippen LogP contribution < -0.4 is 0 Å². The number of nitriles is 3. The van der Waals surface area contributed by atoms with Crippen molar-refractivity contribution in [2.45, 2.75) is 0 Å². The zero-order valence-corrected chi connectivity index (χ0v) is 17.6. The molecule has 0 radical (unpaired) electrons. The molecule has 0 saturated carbocycles. The van der Waals surface area contributed by atoms with E-state index in [9.17, 15) is 15.8 Å². The van der Waals surface area contributed by atoms with Crippen LogP contribution in [0.5, 0.6) is 0 Å². The van der Waals surface area contributed by atoms with Gasteiger partial charge in [0.05, 0.1) is 20.1 Å². The minimum atomic E-state index is -0.0767. The molecular formula is C21H11N3S4. The summed E-state index contributed by atoms with van der Waals surface area (Å²) in [6.07, 6.45) is 5.37. The van der Waals surface area contributed by atoms with Gasteiger partial charge in [-0.05, 0) is 33.9 Å². The number of nitrogens with zero attached hydrogens (tertiary/aromatic N) is 3. The Morgan fingerprint density at radius 3 is 2.21 bits per heavy atom. The van der Waals surface area contributed by atoms with Gasteiger partial charge in [0.1, 0.15) is 17.7 Å². The van der Waals surface area contributed by atoms with Crippen molar-refractivity contribution < 1.29 is 0 Å². The van der Waals surface area contributed by atoms with E-state index in [1.165, 1.54) is 8.47 Å². The van der Waals surface area contributed by atoms with Gasteiger partial charge >= 0.3 is 0 Å². The van der Waals surface area contributed by atoms with Crippen LogP contribution in [-0.4, -0.2) is 0 Å². The smallest absolute Gasteiger partial charge is 0.138 e. The van der Waals surface area contributed by atoms with E-state index >= 15 is 0 Å². The predicted molar refractivity (Wildman–Crippen MR) is 122 cm³/mol. The Hall–Kier alpha value is -2.47. The summed E-state index contributed by atoms with van der Waals surface area (Å²) >= 11 is 6.84. The van der Waals surface area contributed by atoms with E-state index in [4.69, 9.17) is 0 Å². The summed E-state index contributed by atoms with van der Waals surface area (Å²) in [6, 6.07) is 15.0. The molecule has 1 aromatic carbocycles. The first kappa shape index (κ1) is 20.3. The molecule has 3 nitrogen and oxygen atoms in total. The normalized spacial score (nSPS) is 15.9. The molecule has 1 aromatic rings. The van der Waals surface area contributed by atoms with E-state index in [0.29, 0.717) is 11.1 Å². The highest BCUT2D eigenvalue weighted by molar-refractivity contribution is 8.33. The lowest BCUT2D eigenvalue weighted by molar-refractivity contribution is 1.44. The van der Waals surface area contributed by atoms with Gasteiger partial charge in [-0.2, -0.15) is 15.8 Å². The van der Waals surface area contributed by atoms with Gasteiger partial charge in [0, 0.05) is 10.5 Å². The van der Waals surface area contributed by atoms with Gasteiger partial charge in [-0.15, -0.1) is 0 Å². The highest BCUT2D eigenvalue weighted by atomic mass is 32.2. The molecule has 134 valence electrons. The third-order valence-electron chi connectivity index (χ3n) is 3.51. The number of thioether (sulfide) groups is 4. The Kier molecular flexibility index (Phi) is 7.37. The summed E-state index contributed by atoms with van der Waals surface area (Å²) in [4.78, 5) is 1.08. The summed E-state index contributed by atoms with van der Waals surface area (Å²) in [5.41, 5.74) is 1.23. The number of hydrogen-bond acceptors (Lipinski definition) is 7. The van der Waals surface area contributed by atoms with Crippen molar-refractivity contribution >= 4 is 52.6 Å². The van der Waals surface area contributed by atoms with Crippen molar-refractivity contribution in [1.82, 2.24) is 0 Å². The van der Waals surface area contributed by atoms with E-state index in [1.807, 2.05) is 36.4 Å². The van der Waals surface area contributed by atoms with Crippen LogP contribution in [0.3, 0.4) is 0 Å². The summed E-state index contributed by atoms with van der Waals surface area (Å²) in [5.74, 6) is 0. The minimum absolute atomic E-state index is 0.0767. The summed E-state index contributed by atoms with van der Waals surface area (Å²) < 4.78 is 2.54. The van der Waals surface area contributed by atoms with Crippen LogP contribution in [0.15, 0.2) is 89.3 Å². The lowest BCUT2D eigenvalue weighted by atomic mass is 9.94. The quantitative estimate of drug-likeness (QED) is 0.378. The zero-order valence-electron chi connectivity index (χ0n) is 14.3. The van der Waals surface area contributed by atoms with Gasteiger partial charge in [0.2, 0.25) is 0 Å². The molecule has 0 N–H and O–H groups in total. The molecule has 3 rings (SSSR count). The third kappa shape index (κ3) is 4.87. The summed E-state index contributed by atoms with van der Waals surface area (Å²) in [6.45, 7) is 0. The lowest BCUT2D eigenvalue weighted by Gasteiger charge is -2.06. The molecular weight excluding hydrogens is 423 g/mol. The molecule has 0 spiro atoms.